The molecule has 1 aliphatic rings. The molecule has 0 bridgehead atoms. The molecule has 1 amide bonds. The second-order valence-electron chi connectivity index (χ2n) is 9.11. The fourth-order valence-electron chi connectivity index (χ4n) is 4.83. The van der Waals surface area contributed by atoms with Crippen LogP contribution >= 0.6 is 0 Å². The normalized spacial score (nSPS) is 16.9. The van der Waals surface area contributed by atoms with E-state index in [0.29, 0.717) is 23.8 Å². The lowest BCUT2D eigenvalue weighted by Gasteiger charge is -2.22. The molecule has 7 heteroatoms. The molecular weight excluding hydrogens is 466 g/mol. The SMILES string of the molecule is COc1ccc(-c2cccc(-n3cncc3C(=O)NC3CCC[C@H]3OCc3ccccc3)c2)cc1OC. The van der Waals surface area contributed by atoms with Crippen LogP contribution < -0.4 is 14.8 Å². The summed E-state index contributed by atoms with van der Waals surface area (Å²) in [6.07, 6.45) is 6.12. The van der Waals surface area contributed by atoms with Crippen LogP contribution in [0, 0.1) is 0 Å². The lowest BCUT2D eigenvalue weighted by molar-refractivity contribution is 0.0271. The average molecular weight is 498 g/mol. The van der Waals surface area contributed by atoms with Gasteiger partial charge in [-0.05, 0) is 60.2 Å². The number of imidazole rings is 1. The molecule has 1 aromatic heterocycles. The molecular formula is C30H31N3O4. The van der Waals surface area contributed by atoms with Crippen molar-refractivity contribution < 1.29 is 19.0 Å². The van der Waals surface area contributed by atoms with Gasteiger partial charge in [-0.1, -0.05) is 48.5 Å². The van der Waals surface area contributed by atoms with Gasteiger partial charge in [-0.25, -0.2) is 4.98 Å². The van der Waals surface area contributed by atoms with E-state index in [4.69, 9.17) is 14.2 Å². The van der Waals surface area contributed by atoms with Gasteiger partial charge in [0.2, 0.25) is 0 Å². The number of methoxy groups -OCH3 is 2. The van der Waals surface area contributed by atoms with Crippen molar-refractivity contribution in [3.05, 3.63) is 96.6 Å². The predicted molar refractivity (Wildman–Crippen MR) is 142 cm³/mol. The molecule has 1 saturated carbocycles. The molecule has 190 valence electrons. The van der Waals surface area contributed by atoms with Crippen molar-refractivity contribution >= 4 is 5.91 Å². The van der Waals surface area contributed by atoms with E-state index in [1.165, 1.54) is 0 Å². The highest BCUT2D eigenvalue weighted by Gasteiger charge is 2.30. The first-order valence-electron chi connectivity index (χ1n) is 12.5. The minimum absolute atomic E-state index is 0.00564. The van der Waals surface area contributed by atoms with Gasteiger partial charge in [-0.2, -0.15) is 0 Å². The number of carbonyl (C=O) groups excluding carboxylic acids is 1. The van der Waals surface area contributed by atoms with Gasteiger partial charge in [0.25, 0.3) is 5.91 Å². The zero-order valence-electron chi connectivity index (χ0n) is 21.1. The summed E-state index contributed by atoms with van der Waals surface area (Å²) in [5, 5.41) is 3.20. The Morgan fingerprint density at radius 2 is 1.76 bits per heavy atom. The zero-order chi connectivity index (χ0) is 25.6. The lowest BCUT2D eigenvalue weighted by Crippen LogP contribution is -2.41. The molecule has 4 aromatic rings. The van der Waals surface area contributed by atoms with Gasteiger partial charge in [-0.3, -0.25) is 9.36 Å². The van der Waals surface area contributed by atoms with Gasteiger partial charge < -0.3 is 19.5 Å². The van der Waals surface area contributed by atoms with Crippen LogP contribution in [-0.2, 0) is 11.3 Å². The third-order valence-electron chi connectivity index (χ3n) is 6.79. The fraction of sp³-hybridized carbons (Fsp3) is 0.267. The maximum atomic E-state index is 13.3. The van der Waals surface area contributed by atoms with Gasteiger partial charge >= 0.3 is 0 Å². The molecule has 1 fully saturated rings. The third kappa shape index (κ3) is 5.52. The topological polar surface area (TPSA) is 74.6 Å². The minimum Gasteiger partial charge on any atom is -0.493 e. The highest BCUT2D eigenvalue weighted by Crippen LogP contribution is 2.33. The largest absolute Gasteiger partial charge is 0.493 e. The summed E-state index contributed by atoms with van der Waals surface area (Å²) >= 11 is 0. The Bertz CT molecular complexity index is 1350. The molecule has 1 aliphatic carbocycles. The molecule has 7 nitrogen and oxygen atoms in total. The first kappa shape index (κ1) is 24.6. The van der Waals surface area contributed by atoms with Gasteiger partial charge in [-0.15, -0.1) is 0 Å². The van der Waals surface area contributed by atoms with Crippen LogP contribution in [-0.4, -0.2) is 41.8 Å². The Labute approximate surface area is 217 Å². The van der Waals surface area contributed by atoms with Crippen LogP contribution in [0.3, 0.4) is 0 Å². The van der Waals surface area contributed by atoms with Crippen LogP contribution in [0.5, 0.6) is 11.5 Å². The van der Waals surface area contributed by atoms with E-state index in [2.05, 4.69) is 22.4 Å². The number of aromatic nitrogens is 2. The van der Waals surface area contributed by atoms with Crippen molar-refractivity contribution in [2.45, 2.75) is 38.0 Å². The van der Waals surface area contributed by atoms with E-state index < -0.39 is 0 Å². The van der Waals surface area contributed by atoms with Crippen molar-refractivity contribution in [1.29, 1.82) is 0 Å². The molecule has 3 aromatic carbocycles. The van der Waals surface area contributed by atoms with Crippen LogP contribution in [0.1, 0.15) is 35.3 Å². The Hall–Kier alpha value is -4.10. The Balaban J connectivity index is 1.31. The molecule has 0 spiro atoms. The van der Waals surface area contributed by atoms with E-state index in [1.54, 1.807) is 26.7 Å². The average Bonchev–Trinajstić information content (AvgIpc) is 3.62. The quantitative estimate of drug-likeness (QED) is 0.334. The zero-order valence-corrected chi connectivity index (χ0v) is 21.1. The highest BCUT2D eigenvalue weighted by molar-refractivity contribution is 5.93. The summed E-state index contributed by atoms with van der Waals surface area (Å²) < 4.78 is 18.8. The fourth-order valence-corrected chi connectivity index (χ4v) is 4.83. The number of amides is 1. The second-order valence-corrected chi connectivity index (χ2v) is 9.11. The van der Waals surface area contributed by atoms with E-state index in [-0.39, 0.29) is 18.1 Å². The monoisotopic (exact) mass is 497 g/mol. The number of rotatable bonds is 9. The molecule has 1 heterocycles. The van der Waals surface area contributed by atoms with Crippen molar-refractivity contribution in [3.63, 3.8) is 0 Å². The first-order chi connectivity index (χ1) is 18.2. The number of hydrogen-bond acceptors (Lipinski definition) is 5. The summed E-state index contributed by atoms with van der Waals surface area (Å²) in [6, 6.07) is 23.9. The summed E-state index contributed by atoms with van der Waals surface area (Å²) in [7, 11) is 3.24. The van der Waals surface area contributed by atoms with E-state index in [0.717, 1.165) is 41.6 Å². The van der Waals surface area contributed by atoms with Crippen molar-refractivity contribution in [1.82, 2.24) is 14.9 Å². The summed E-state index contributed by atoms with van der Waals surface area (Å²) in [6.45, 7) is 0.540. The molecule has 2 atom stereocenters. The van der Waals surface area contributed by atoms with Gasteiger partial charge in [0, 0.05) is 5.69 Å². The van der Waals surface area contributed by atoms with Crippen LogP contribution in [0.2, 0.25) is 0 Å². The number of ether oxygens (including phenoxy) is 3. The number of nitrogens with zero attached hydrogens (tertiary/aromatic N) is 2. The maximum absolute atomic E-state index is 13.3. The summed E-state index contributed by atoms with van der Waals surface area (Å²) in [5.41, 5.74) is 4.43. The van der Waals surface area contributed by atoms with Crippen molar-refractivity contribution in [3.8, 4) is 28.3 Å². The minimum atomic E-state index is -0.158. The smallest absolute Gasteiger partial charge is 0.270 e. The third-order valence-corrected chi connectivity index (χ3v) is 6.79. The van der Waals surface area contributed by atoms with E-state index >= 15 is 0 Å². The molecule has 5 rings (SSSR count). The predicted octanol–water partition coefficient (Wildman–Crippen LogP) is 5.42. The van der Waals surface area contributed by atoms with Gasteiger partial charge in [0.1, 0.15) is 5.69 Å². The highest BCUT2D eigenvalue weighted by atomic mass is 16.5. The van der Waals surface area contributed by atoms with Crippen molar-refractivity contribution in [2.24, 2.45) is 0 Å². The molecule has 0 aliphatic heterocycles. The second kappa shape index (κ2) is 11.3. The van der Waals surface area contributed by atoms with Gasteiger partial charge in [0.15, 0.2) is 11.5 Å². The lowest BCUT2D eigenvalue weighted by atomic mass is 10.0. The maximum Gasteiger partial charge on any atom is 0.270 e. The Morgan fingerprint density at radius 3 is 2.57 bits per heavy atom. The molecule has 1 unspecified atom stereocenters. The standard InChI is InChI=1S/C30H31N3O4/c1-35-28-15-14-23(17-29(28)36-2)22-10-6-11-24(16-22)33-20-31-18-26(33)30(34)32-25-12-7-13-27(25)37-19-21-8-4-3-5-9-21/h3-6,8-11,14-18,20,25,27H,7,12-13,19H2,1-2H3,(H,32,34)/t25?,27-/m1/s1. The van der Waals surface area contributed by atoms with Gasteiger partial charge in [0.05, 0.1) is 45.5 Å². The number of nitrogens with one attached hydrogen (secondary N) is 1. The number of hydrogen-bond donors (Lipinski definition) is 1. The van der Waals surface area contributed by atoms with Crippen LogP contribution in [0.25, 0.3) is 16.8 Å². The number of carbonyl (C=O) groups is 1. The summed E-state index contributed by atoms with van der Waals surface area (Å²) in [4.78, 5) is 17.6. The molecule has 1 N–H and O–H groups in total. The Kier molecular flexibility index (Phi) is 7.51. The summed E-state index contributed by atoms with van der Waals surface area (Å²) in [5.74, 6) is 1.18. The molecule has 37 heavy (non-hydrogen) atoms. The number of benzene rings is 3. The van der Waals surface area contributed by atoms with Crippen LogP contribution in [0.15, 0.2) is 85.3 Å². The first-order valence-corrected chi connectivity index (χ1v) is 12.5. The molecule has 0 saturated heterocycles. The van der Waals surface area contributed by atoms with Crippen LogP contribution in [0.4, 0.5) is 0 Å². The molecule has 0 radical (unpaired) electrons. The Morgan fingerprint density at radius 1 is 0.946 bits per heavy atom. The van der Waals surface area contributed by atoms with E-state index in [9.17, 15) is 4.79 Å². The van der Waals surface area contributed by atoms with E-state index in [1.807, 2.05) is 65.2 Å². The van der Waals surface area contributed by atoms with Crippen molar-refractivity contribution in [2.75, 3.05) is 14.2 Å².